The monoisotopic (exact) mass is 432 g/mol. The van der Waals surface area contributed by atoms with E-state index in [9.17, 15) is 9.59 Å². The highest BCUT2D eigenvalue weighted by atomic mass is 16.6. The summed E-state index contributed by atoms with van der Waals surface area (Å²) in [6.07, 6.45) is 0. The number of hydrogen-bond donors (Lipinski definition) is 2. The molecule has 5 rings (SSSR count). The second-order valence-corrected chi connectivity index (χ2v) is 8.16. The number of ether oxygens (including phenoxy) is 2. The lowest BCUT2D eigenvalue weighted by molar-refractivity contribution is -0.118. The Balaban J connectivity index is 1.59. The van der Waals surface area contributed by atoms with E-state index in [4.69, 9.17) is 9.47 Å². The van der Waals surface area contributed by atoms with Gasteiger partial charge in [-0.15, -0.1) is 0 Å². The number of benzene rings is 2. The Morgan fingerprint density at radius 1 is 1.12 bits per heavy atom. The molecule has 0 bridgehead atoms. The summed E-state index contributed by atoms with van der Waals surface area (Å²) in [5, 5.41) is 10.4. The third-order valence-corrected chi connectivity index (χ3v) is 5.93. The second kappa shape index (κ2) is 7.71. The van der Waals surface area contributed by atoms with Crippen LogP contribution in [0.5, 0.6) is 11.5 Å². The summed E-state index contributed by atoms with van der Waals surface area (Å²) in [5.74, 6) is 0.906. The average molecular weight is 432 g/mol. The number of anilines is 1. The van der Waals surface area contributed by atoms with Gasteiger partial charge in [-0.1, -0.05) is 23.8 Å². The molecule has 2 N–H and O–H groups in total. The lowest BCUT2D eigenvalue weighted by atomic mass is 9.81. The molecule has 3 aromatic rings. The molecule has 0 saturated heterocycles. The Kier molecular flexibility index (Phi) is 4.84. The van der Waals surface area contributed by atoms with Crippen molar-refractivity contribution in [3.63, 3.8) is 0 Å². The van der Waals surface area contributed by atoms with Gasteiger partial charge in [0.2, 0.25) is 5.91 Å². The van der Waals surface area contributed by atoms with Crippen molar-refractivity contribution >= 4 is 17.6 Å². The maximum atomic E-state index is 13.2. The van der Waals surface area contributed by atoms with Crippen LogP contribution in [0, 0.1) is 13.8 Å². The molecular formula is C24H24N4O4. The SMILES string of the molecule is Cc1cccc(C(=O)N[C@@H]2C(=O)Nc3c(c(C)nn3C)[C@H]2c2ccc3c(c2)OCCO3)c1. The zero-order valence-electron chi connectivity index (χ0n) is 18.1. The van der Waals surface area contributed by atoms with Crippen LogP contribution in [-0.4, -0.2) is 40.9 Å². The maximum absolute atomic E-state index is 13.2. The van der Waals surface area contributed by atoms with Crippen LogP contribution in [0.1, 0.15) is 38.7 Å². The topological polar surface area (TPSA) is 94.5 Å². The average Bonchev–Trinajstić information content (AvgIpc) is 3.06. The van der Waals surface area contributed by atoms with E-state index in [2.05, 4.69) is 15.7 Å². The molecule has 0 unspecified atom stereocenters. The molecule has 8 nitrogen and oxygen atoms in total. The minimum atomic E-state index is -0.819. The van der Waals surface area contributed by atoms with Crippen molar-refractivity contribution < 1.29 is 19.1 Å². The van der Waals surface area contributed by atoms with Crippen molar-refractivity contribution in [3.05, 3.63) is 70.4 Å². The van der Waals surface area contributed by atoms with Gasteiger partial charge < -0.3 is 20.1 Å². The van der Waals surface area contributed by atoms with Crippen molar-refractivity contribution in [2.45, 2.75) is 25.8 Å². The predicted octanol–water partition coefficient (Wildman–Crippen LogP) is 2.69. The van der Waals surface area contributed by atoms with Gasteiger partial charge in [0.1, 0.15) is 25.1 Å². The van der Waals surface area contributed by atoms with Crippen LogP contribution < -0.4 is 20.1 Å². The lowest BCUT2D eigenvalue weighted by Crippen LogP contribution is -2.50. The van der Waals surface area contributed by atoms with Crippen molar-refractivity contribution in [1.29, 1.82) is 0 Å². The molecular weight excluding hydrogens is 408 g/mol. The number of nitrogens with one attached hydrogen (secondary N) is 2. The largest absolute Gasteiger partial charge is 0.486 e. The fraction of sp³-hybridized carbons (Fsp3) is 0.292. The minimum Gasteiger partial charge on any atom is -0.486 e. The maximum Gasteiger partial charge on any atom is 0.251 e. The van der Waals surface area contributed by atoms with E-state index in [1.54, 1.807) is 23.9 Å². The van der Waals surface area contributed by atoms with Gasteiger partial charge in [0.05, 0.1) is 5.69 Å². The number of aromatic nitrogens is 2. The standard InChI is InChI=1S/C24H24N4O4/c1-13-5-4-6-16(11-13)23(29)25-21-20(15-7-8-17-18(12-15)32-10-9-31-17)19-14(2)27-28(3)22(19)26-24(21)30/h4-8,11-12,20-21H,9-10H2,1-3H3,(H,25,29)(H,26,30)/t20-,21+/m1/s1. The number of hydrogen-bond acceptors (Lipinski definition) is 5. The van der Waals surface area contributed by atoms with Crippen LogP contribution >= 0.6 is 0 Å². The van der Waals surface area contributed by atoms with Gasteiger partial charge in [-0.25, -0.2) is 0 Å². The normalized spacial score (nSPS) is 19.2. The van der Waals surface area contributed by atoms with Gasteiger partial charge in [-0.05, 0) is 43.7 Å². The number of aryl methyl sites for hydroxylation is 3. The highest BCUT2D eigenvalue weighted by Crippen LogP contribution is 2.42. The van der Waals surface area contributed by atoms with E-state index < -0.39 is 12.0 Å². The molecule has 32 heavy (non-hydrogen) atoms. The molecule has 2 aliphatic heterocycles. The Morgan fingerprint density at radius 3 is 2.69 bits per heavy atom. The summed E-state index contributed by atoms with van der Waals surface area (Å²) < 4.78 is 13.1. The first-order valence-corrected chi connectivity index (χ1v) is 10.5. The zero-order valence-corrected chi connectivity index (χ0v) is 18.1. The molecule has 2 amide bonds. The number of nitrogens with zero attached hydrogens (tertiary/aromatic N) is 2. The van der Waals surface area contributed by atoms with Crippen LogP contribution in [0.3, 0.4) is 0 Å². The molecule has 0 fully saturated rings. The van der Waals surface area contributed by atoms with Crippen molar-refractivity contribution in [1.82, 2.24) is 15.1 Å². The molecule has 3 heterocycles. The van der Waals surface area contributed by atoms with Gasteiger partial charge in [0, 0.05) is 24.1 Å². The van der Waals surface area contributed by atoms with Gasteiger partial charge in [0.25, 0.3) is 5.91 Å². The lowest BCUT2D eigenvalue weighted by Gasteiger charge is -2.33. The number of amides is 2. The van der Waals surface area contributed by atoms with Gasteiger partial charge in [-0.3, -0.25) is 14.3 Å². The van der Waals surface area contributed by atoms with Crippen molar-refractivity contribution in [2.75, 3.05) is 18.5 Å². The molecule has 2 aliphatic rings. The molecule has 0 spiro atoms. The summed E-state index contributed by atoms with van der Waals surface area (Å²) in [6, 6.07) is 12.1. The summed E-state index contributed by atoms with van der Waals surface area (Å²) in [7, 11) is 1.79. The van der Waals surface area contributed by atoms with Crippen LogP contribution in [-0.2, 0) is 11.8 Å². The molecule has 0 aliphatic carbocycles. The van der Waals surface area contributed by atoms with E-state index in [-0.39, 0.29) is 11.8 Å². The number of carbonyl (C=O) groups is 2. The summed E-state index contributed by atoms with van der Waals surface area (Å²) >= 11 is 0. The Morgan fingerprint density at radius 2 is 1.91 bits per heavy atom. The van der Waals surface area contributed by atoms with Crippen LogP contribution in [0.25, 0.3) is 0 Å². The summed E-state index contributed by atoms with van der Waals surface area (Å²) in [5.41, 5.74) is 3.98. The molecule has 0 radical (unpaired) electrons. The first-order chi connectivity index (χ1) is 15.4. The molecule has 8 heteroatoms. The highest BCUT2D eigenvalue weighted by molar-refractivity contribution is 6.04. The molecule has 2 atom stereocenters. The first kappa shape index (κ1) is 20.1. The van der Waals surface area contributed by atoms with Gasteiger partial charge in [0.15, 0.2) is 11.5 Å². The zero-order chi connectivity index (χ0) is 22.4. The predicted molar refractivity (Wildman–Crippen MR) is 118 cm³/mol. The van der Waals surface area contributed by atoms with E-state index in [0.29, 0.717) is 36.1 Å². The summed E-state index contributed by atoms with van der Waals surface area (Å²) in [4.78, 5) is 26.3. The van der Waals surface area contributed by atoms with E-state index in [0.717, 1.165) is 22.4 Å². The van der Waals surface area contributed by atoms with E-state index >= 15 is 0 Å². The molecule has 2 aromatic carbocycles. The number of carbonyl (C=O) groups excluding carboxylic acids is 2. The fourth-order valence-electron chi connectivity index (χ4n) is 4.48. The molecule has 164 valence electrons. The number of fused-ring (bicyclic) bond motifs is 2. The smallest absolute Gasteiger partial charge is 0.251 e. The van der Waals surface area contributed by atoms with Crippen molar-refractivity contribution in [3.8, 4) is 11.5 Å². The molecule has 0 saturated carbocycles. The van der Waals surface area contributed by atoms with Crippen LogP contribution in [0.2, 0.25) is 0 Å². The van der Waals surface area contributed by atoms with Crippen molar-refractivity contribution in [2.24, 2.45) is 7.05 Å². The van der Waals surface area contributed by atoms with E-state index in [1.807, 2.05) is 44.2 Å². The fourth-order valence-corrected chi connectivity index (χ4v) is 4.48. The number of rotatable bonds is 3. The van der Waals surface area contributed by atoms with E-state index in [1.165, 1.54) is 0 Å². The molecule has 1 aromatic heterocycles. The first-order valence-electron chi connectivity index (χ1n) is 10.5. The Bertz CT molecular complexity index is 1230. The van der Waals surface area contributed by atoms with Gasteiger partial charge >= 0.3 is 0 Å². The summed E-state index contributed by atoms with van der Waals surface area (Å²) in [6.45, 7) is 4.79. The second-order valence-electron chi connectivity index (χ2n) is 8.16. The quantitative estimate of drug-likeness (QED) is 0.664. The highest BCUT2D eigenvalue weighted by Gasteiger charge is 2.41. The Labute approximate surface area is 185 Å². The third-order valence-electron chi connectivity index (χ3n) is 5.93. The van der Waals surface area contributed by atoms with Gasteiger partial charge in [-0.2, -0.15) is 5.10 Å². The van der Waals surface area contributed by atoms with Crippen LogP contribution in [0.15, 0.2) is 42.5 Å². The van der Waals surface area contributed by atoms with Crippen LogP contribution in [0.4, 0.5) is 5.82 Å². The minimum absolute atomic E-state index is 0.290. The third kappa shape index (κ3) is 3.37. The Hall–Kier alpha value is -3.81.